The smallest absolute Gasteiger partial charge is 0.246 e. The van der Waals surface area contributed by atoms with Gasteiger partial charge in [-0.15, -0.1) is 0 Å². The Morgan fingerprint density at radius 3 is 2.77 bits per heavy atom. The summed E-state index contributed by atoms with van der Waals surface area (Å²) in [6.07, 6.45) is 4.24. The molecule has 3 nitrogen and oxygen atoms in total. The maximum atomic E-state index is 10.8. The van der Waals surface area contributed by atoms with Gasteiger partial charge in [0.25, 0.3) is 0 Å². The van der Waals surface area contributed by atoms with Crippen LogP contribution >= 0.6 is 11.6 Å². The van der Waals surface area contributed by atoms with E-state index in [4.69, 9.17) is 11.6 Å². The fourth-order valence-electron chi connectivity index (χ4n) is 0.912. The first-order valence-electron chi connectivity index (χ1n) is 4.37. The Kier molecular flexibility index (Phi) is 5.75. The summed E-state index contributed by atoms with van der Waals surface area (Å²) < 4.78 is 0. The lowest BCUT2D eigenvalue weighted by Crippen LogP contribution is -2.42. The number of carbonyl (C=O) groups excluding carboxylic acids is 1. The topological polar surface area (TPSA) is 49.3 Å². The van der Waals surface area contributed by atoms with Crippen LogP contribution in [0.5, 0.6) is 0 Å². The average Bonchev–Trinajstić information content (AvgIpc) is 2.03. The van der Waals surface area contributed by atoms with Crippen molar-refractivity contribution in [3.05, 3.63) is 12.7 Å². The molecule has 1 atom stereocenters. The molecule has 76 valence electrons. The highest BCUT2D eigenvalue weighted by Gasteiger charge is 2.23. The summed E-state index contributed by atoms with van der Waals surface area (Å²) in [6.45, 7) is 5.31. The number of hydrogen-bond acceptors (Lipinski definition) is 2. The highest BCUT2D eigenvalue weighted by Crippen LogP contribution is 2.16. The van der Waals surface area contributed by atoms with Crippen molar-refractivity contribution < 1.29 is 9.90 Å². The number of carbonyl (C=O) groups is 1. The third-order valence-electron chi connectivity index (χ3n) is 1.61. The summed E-state index contributed by atoms with van der Waals surface area (Å²) in [5, 5.41) is 10.0. The zero-order valence-electron chi connectivity index (χ0n) is 7.85. The van der Waals surface area contributed by atoms with E-state index in [1.807, 2.05) is 0 Å². The molecule has 0 radical (unpaired) electrons. The van der Waals surface area contributed by atoms with E-state index in [1.165, 1.54) is 0 Å². The first-order chi connectivity index (χ1) is 6.02. The van der Waals surface area contributed by atoms with Crippen LogP contribution in [0.25, 0.3) is 0 Å². The maximum absolute atomic E-state index is 10.8. The number of halogens is 1. The fourth-order valence-corrected chi connectivity index (χ4v) is 1.14. The minimum absolute atomic E-state index is 0.349. The highest BCUT2D eigenvalue weighted by atomic mass is 35.5. The van der Waals surface area contributed by atoms with Crippen molar-refractivity contribution in [1.82, 2.24) is 5.32 Å². The Morgan fingerprint density at radius 2 is 2.31 bits per heavy atom. The van der Waals surface area contributed by atoms with Crippen LogP contribution in [0.1, 0.15) is 32.6 Å². The molecule has 4 heteroatoms. The molecule has 0 aromatic heterocycles. The second kappa shape index (κ2) is 6.00. The van der Waals surface area contributed by atoms with E-state index in [0.717, 1.165) is 25.3 Å². The first kappa shape index (κ1) is 12.5. The minimum Gasteiger partial charge on any atom is -0.358 e. The highest BCUT2D eigenvalue weighted by molar-refractivity contribution is 6.23. The zero-order chi connectivity index (χ0) is 10.3. The summed E-state index contributed by atoms with van der Waals surface area (Å²) in [7, 11) is 0. The molecule has 2 N–H and O–H groups in total. The van der Waals surface area contributed by atoms with Gasteiger partial charge in [-0.25, -0.2) is 0 Å². The van der Waals surface area contributed by atoms with Gasteiger partial charge < -0.3 is 10.4 Å². The molecule has 0 aromatic carbocycles. The van der Waals surface area contributed by atoms with Crippen molar-refractivity contribution >= 4 is 17.5 Å². The maximum Gasteiger partial charge on any atom is 0.246 e. The van der Waals surface area contributed by atoms with E-state index >= 15 is 0 Å². The second-order valence-electron chi connectivity index (χ2n) is 2.91. The van der Waals surface area contributed by atoms with Gasteiger partial charge in [-0.3, -0.25) is 4.79 Å². The van der Waals surface area contributed by atoms with Crippen LogP contribution in [0, 0.1) is 0 Å². The van der Waals surface area contributed by atoms with Gasteiger partial charge in [0.1, 0.15) is 0 Å². The van der Waals surface area contributed by atoms with Crippen molar-refractivity contribution in [1.29, 1.82) is 0 Å². The molecule has 0 aliphatic carbocycles. The van der Waals surface area contributed by atoms with E-state index in [2.05, 4.69) is 18.8 Å². The lowest BCUT2D eigenvalue weighted by Gasteiger charge is -2.20. The Balaban J connectivity index is 3.78. The molecule has 0 saturated heterocycles. The van der Waals surface area contributed by atoms with Crippen LogP contribution in [-0.4, -0.2) is 16.2 Å². The summed E-state index contributed by atoms with van der Waals surface area (Å²) in [6, 6.07) is 0. The molecule has 1 amide bonds. The van der Waals surface area contributed by atoms with Crippen LogP contribution in [0.3, 0.4) is 0 Å². The van der Waals surface area contributed by atoms with Crippen molar-refractivity contribution in [3.63, 3.8) is 0 Å². The van der Waals surface area contributed by atoms with Gasteiger partial charge in [0.05, 0.1) is 0 Å². The minimum atomic E-state index is -1.62. The number of rotatable bonds is 6. The van der Waals surface area contributed by atoms with Crippen molar-refractivity contribution in [2.75, 3.05) is 0 Å². The number of nitrogens with one attached hydrogen (secondary N) is 1. The number of alkyl halides is 1. The molecule has 0 saturated carbocycles. The van der Waals surface area contributed by atoms with E-state index in [1.54, 1.807) is 0 Å². The van der Waals surface area contributed by atoms with Crippen LogP contribution in [0.4, 0.5) is 0 Å². The van der Waals surface area contributed by atoms with E-state index < -0.39 is 11.1 Å². The third-order valence-corrected chi connectivity index (χ3v) is 1.90. The normalized spacial score (nSPS) is 14.7. The van der Waals surface area contributed by atoms with Gasteiger partial charge >= 0.3 is 0 Å². The van der Waals surface area contributed by atoms with Crippen molar-refractivity contribution in [2.24, 2.45) is 0 Å². The van der Waals surface area contributed by atoms with Gasteiger partial charge in [-0.2, -0.15) is 0 Å². The molecule has 0 bridgehead atoms. The van der Waals surface area contributed by atoms with Crippen LogP contribution in [-0.2, 0) is 4.79 Å². The Morgan fingerprint density at radius 1 is 1.69 bits per heavy atom. The monoisotopic (exact) mass is 205 g/mol. The van der Waals surface area contributed by atoms with E-state index in [-0.39, 0.29) is 0 Å². The largest absolute Gasteiger partial charge is 0.358 e. The SMILES string of the molecule is C=CC(=O)NC(O)(Cl)CCCCC. The molecule has 13 heavy (non-hydrogen) atoms. The molecule has 0 aromatic rings. The number of hydrogen-bond donors (Lipinski definition) is 2. The van der Waals surface area contributed by atoms with Crippen LogP contribution in [0.15, 0.2) is 12.7 Å². The van der Waals surface area contributed by atoms with Crippen LogP contribution in [0.2, 0.25) is 0 Å². The van der Waals surface area contributed by atoms with E-state index in [0.29, 0.717) is 6.42 Å². The summed E-state index contributed by atoms with van der Waals surface area (Å²) in [4.78, 5) is 10.8. The molecular formula is C9H16ClNO2. The summed E-state index contributed by atoms with van der Waals surface area (Å²) in [5.41, 5.74) is 0. The quantitative estimate of drug-likeness (QED) is 0.228. The molecule has 0 aliphatic heterocycles. The number of amides is 1. The average molecular weight is 206 g/mol. The third kappa shape index (κ3) is 6.61. The lowest BCUT2D eigenvalue weighted by atomic mass is 10.2. The zero-order valence-corrected chi connectivity index (χ0v) is 8.60. The predicted molar refractivity (Wildman–Crippen MR) is 53.3 cm³/mol. The van der Waals surface area contributed by atoms with Gasteiger partial charge in [0.15, 0.2) is 0 Å². The lowest BCUT2D eigenvalue weighted by molar-refractivity contribution is -0.120. The van der Waals surface area contributed by atoms with Crippen molar-refractivity contribution in [2.45, 2.75) is 37.8 Å². The molecule has 0 fully saturated rings. The molecule has 1 unspecified atom stereocenters. The first-order valence-corrected chi connectivity index (χ1v) is 4.75. The van der Waals surface area contributed by atoms with Gasteiger partial charge in [0.2, 0.25) is 11.1 Å². The fraction of sp³-hybridized carbons (Fsp3) is 0.667. The number of aliphatic hydroxyl groups is 1. The van der Waals surface area contributed by atoms with Gasteiger partial charge in [-0.05, 0) is 12.5 Å². The molecule has 0 rings (SSSR count). The number of unbranched alkanes of at least 4 members (excludes halogenated alkanes) is 2. The standard InChI is InChI=1S/C9H16ClNO2/c1-3-5-6-7-9(10,13)11-8(12)4-2/h4,13H,2-3,5-7H2,1H3,(H,11,12). The molecule has 0 aliphatic rings. The molecule has 0 spiro atoms. The summed E-state index contributed by atoms with van der Waals surface area (Å²) >= 11 is 5.62. The predicted octanol–water partition coefficient (Wildman–Crippen LogP) is 1.75. The molecule has 0 heterocycles. The van der Waals surface area contributed by atoms with Crippen LogP contribution < -0.4 is 5.32 Å². The van der Waals surface area contributed by atoms with Crippen molar-refractivity contribution in [3.8, 4) is 0 Å². The Labute approximate surface area is 83.8 Å². The van der Waals surface area contributed by atoms with E-state index in [9.17, 15) is 9.90 Å². The van der Waals surface area contributed by atoms with Gasteiger partial charge in [0, 0.05) is 6.42 Å². The Bertz CT molecular complexity index is 180. The Hall–Kier alpha value is -0.540. The molecular weight excluding hydrogens is 190 g/mol. The van der Waals surface area contributed by atoms with Gasteiger partial charge in [-0.1, -0.05) is 37.9 Å². The summed E-state index contributed by atoms with van der Waals surface area (Å²) in [5.74, 6) is -0.464. The second-order valence-corrected chi connectivity index (χ2v) is 3.54.